The third kappa shape index (κ3) is 1.97. The number of likely N-dealkylation sites (tertiary alicyclic amines) is 1. The minimum absolute atomic E-state index is 0.196. The highest BCUT2D eigenvalue weighted by atomic mass is 16.5. The van der Waals surface area contributed by atoms with Crippen molar-refractivity contribution < 1.29 is 19.4 Å². The van der Waals surface area contributed by atoms with E-state index in [2.05, 4.69) is 18.0 Å². The highest BCUT2D eigenvalue weighted by Crippen LogP contribution is 2.58. The molecule has 4 atom stereocenters. The molecule has 5 nitrogen and oxygen atoms in total. The summed E-state index contributed by atoms with van der Waals surface area (Å²) in [6.07, 6.45) is 2.63. The molecule has 1 aliphatic heterocycles. The van der Waals surface area contributed by atoms with Crippen LogP contribution in [0.15, 0.2) is 12.1 Å². The van der Waals surface area contributed by atoms with Gasteiger partial charge in [-0.2, -0.15) is 0 Å². The van der Waals surface area contributed by atoms with Crippen LogP contribution >= 0.6 is 0 Å². The predicted molar refractivity (Wildman–Crippen MR) is 89.6 cm³/mol. The van der Waals surface area contributed by atoms with E-state index >= 15 is 0 Å². The smallest absolute Gasteiger partial charge is 0.161 e. The second kappa shape index (κ2) is 5.46. The molecule has 0 spiro atoms. The lowest BCUT2D eigenvalue weighted by molar-refractivity contribution is -0.141. The van der Waals surface area contributed by atoms with Gasteiger partial charge in [-0.3, -0.25) is 4.79 Å². The monoisotopic (exact) mass is 331 g/mol. The number of carbonyl (C=O) groups excluding carboxylic acids is 1. The zero-order chi connectivity index (χ0) is 17.1. The maximum absolute atomic E-state index is 12.5. The van der Waals surface area contributed by atoms with Gasteiger partial charge >= 0.3 is 0 Å². The molecule has 4 unspecified atom stereocenters. The van der Waals surface area contributed by atoms with E-state index in [1.165, 1.54) is 5.56 Å². The van der Waals surface area contributed by atoms with Crippen molar-refractivity contribution in [3.63, 3.8) is 0 Å². The van der Waals surface area contributed by atoms with Gasteiger partial charge in [0.15, 0.2) is 17.3 Å². The Kier molecular flexibility index (Phi) is 3.62. The molecule has 2 fully saturated rings. The fraction of sp³-hybridized carbons (Fsp3) is 0.632. The Bertz CT molecular complexity index is 688. The first-order valence-electron chi connectivity index (χ1n) is 8.67. The number of rotatable bonds is 2. The highest BCUT2D eigenvalue weighted by Gasteiger charge is 2.58. The SMILES string of the molecule is COc1ccc2c(c1O)C13CCN(C)C(C2)C1CC(=O)C(OC)C3. The van der Waals surface area contributed by atoms with E-state index in [4.69, 9.17) is 9.47 Å². The van der Waals surface area contributed by atoms with E-state index < -0.39 is 0 Å². The summed E-state index contributed by atoms with van der Waals surface area (Å²) in [4.78, 5) is 14.9. The number of methoxy groups -OCH3 is 2. The number of benzene rings is 1. The molecule has 5 heteroatoms. The summed E-state index contributed by atoms with van der Waals surface area (Å²) in [5.74, 6) is 1.21. The lowest BCUT2D eigenvalue weighted by Gasteiger charge is -2.58. The first-order valence-corrected chi connectivity index (χ1v) is 8.67. The molecule has 4 rings (SSSR count). The first kappa shape index (κ1) is 15.9. The Balaban J connectivity index is 1.92. The molecule has 0 aromatic heterocycles. The number of likely N-dealkylation sites (N-methyl/N-ethyl adjacent to an activating group) is 1. The topological polar surface area (TPSA) is 59.0 Å². The number of fused-ring (bicyclic) bond motifs is 1. The van der Waals surface area contributed by atoms with Gasteiger partial charge in [0, 0.05) is 30.6 Å². The van der Waals surface area contributed by atoms with Gasteiger partial charge in [0.05, 0.1) is 7.11 Å². The van der Waals surface area contributed by atoms with Crippen molar-refractivity contribution in [2.24, 2.45) is 5.92 Å². The van der Waals surface area contributed by atoms with Gasteiger partial charge in [-0.1, -0.05) is 6.07 Å². The van der Waals surface area contributed by atoms with Crippen LogP contribution in [-0.2, 0) is 21.4 Å². The molecule has 2 aliphatic carbocycles. The van der Waals surface area contributed by atoms with Gasteiger partial charge < -0.3 is 19.5 Å². The number of hydrogen-bond donors (Lipinski definition) is 1. The Morgan fingerprint density at radius 3 is 2.79 bits per heavy atom. The Morgan fingerprint density at radius 1 is 1.29 bits per heavy atom. The van der Waals surface area contributed by atoms with E-state index in [0.29, 0.717) is 24.6 Å². The third-order valence-electron chi connectivity index (χ3n) is 6.64. The predicted octanol–water partition coefficient (Wildman–Crippen LogP) is 1.89. The number of carbonyl (C=O) groups is 1. The van der Waals surface area contributed by atoms with E-state index in [1.807, 2.05) is 6.07 Å². The zero-order valence-electron chi connectivity index (χ0n) is 14.5. The molecule has 1 saturated carbocycles. The zero-order valence-corrected chi connectivity index (χ0v) is 14.5. The molecule has 1 saturated heterocycles. The molecule has 1 N–H and O–H groups in total. The Hall–Kier alpha value is -1.59. The van der Waals surface area contributed by atoms with Gasteiger partial charge in [0.25, 0.3) is 0 Å². The van der Waals surface area contributed by atoms with Crippen LogP contribution in [0.1, 0.15) is 30.4 Å². The standard InChI is InChI=1S/C19H25NO4/c1-20-7-6-19-10-16(24-3)14(21)9-12(19)13(20)8-11-4-5-15(23-2)18(22)17(11)19/h4-5,12-13,16,22H,6-10H2,1-3H3. The molecule has 130 valence electrons. The molecule has 1 heterocycles. The average Bonchev–Trinajstić information content (AvgIpc) is 2.58. The van der Waals surface area contributed by atoms with Crippen LogP contribution in [0.2, 0.25) is 0 Å². The van der Waals surface area contributed by atoms with Crippen molar-refractivity contribution in [1.82, 2.24) is 4.90 Å². The van der Waals surface area contributed by atoms with Crippen LogP contribution in [-0.4, -0.2) is 55.7 Å². The second-order valence-corrected chi connectivity index (χ2v) is 7.51. The minimum Gasteiger partial charge on any atom is -0.504 e. The van der Waals surface area contributed by atoms with E-state index in [9.17, 15) is 9.90 Å². The van der Waals surface area contributed by atoms with Gasteiger partial charge in [0.1, 0.15) is 6.10 Å². The number of ketones is 1. The second-order valence-electron chi connectivity index (χ2n) is 7.51. The number of phenolic OH excluding ortho intramolecular Hbond substituents is 1. The summed E-state index contributed by atoms with van der Waals surface area (Å²) in [5.41, 5.74) is 1.99. The highest BCUT2D eigenvalue weighted by molar-refractivity contribution is 5.85. The summed E-state index contributed by atoms with van der Waals surface area (Å²) < 4.78 is 10.9. The number of ether oxygens (including phenoxy) is 2. The maximum atomic E-state index is 12.5. The van der Waals surface area contributed by atoms with Crippen LogP contribution in [0.5, 0.6) is 11.5 Å². The van der Waals surface area contributed by atoms with Gasteiger partial charge in [-0.15, -0.1) is 0 Å². The largest absolute Gasteiger partial charge is 0.504 e. The van der Waals surface area contributed by atoms with Crippen LogP contribution in [0.3, 0.4) is 0 Å². The molecule has 0 radical (unpaired) electrons. The van der Waals surface area contributed by atoms with Crippen molar-refractivity contribution in [3.8, 4) is 11.5 Å². The molecule has 0 amide bonds. The van der Waals surface area contributed by atoms with Crippen molar-refractivity contribution in [2.75, 3.05) is 27.8 Å². The number of nitrogens with zero attached hydrogens (tertiary/aromatic N) is 1. The Morgan fingerprint density at radius 2 is 2.08 bits per heavy atom. The normalized spacial score (nSPS) is 35.3. The third-order valence-corrected chi connectivity index (χ3v) is 6.64. The average molecular weight is 331 g/mol. The van der Waals surface area contributed by atoms with Crippen molar-refractivity contribution >= 4 is 5.78 Å². The van der Waals surface area contributed by atoms with Gasteiger partial charge in [-0.25, -0.2) is 0 Å². The van der Waals surface area contributed by atoms with Crippen molar-refractivity contribution in [3.05, 3.63) is 23.3 Å². The molecule has 24 heavy (non-hydrogen) atoms. The Labute approximate surface area is 142 Å². The first-order chi connectivity index (χ1) is 11.5. The maximum Gasteiger partial charge on any atom is 0.161 e. The summed E-state index contributed by atoms with van der Waals surface area (Å²) >= 11 is 0. The fourth-order valence-corrected chi connectivity index (χ4v) is 5.44. The molecule has 3 aliphatic rings. The summed E-state index contributed by atoms with van der Waals surface area (Å²) in [5, 5.41) is 10.9. The molecule has 1 aromatic rings. The lowest BCUT2D eigenvalue weighted by atomic mass is 9.51. The fourth-order valence-electron chi connectivity index (χ4n) is 5.44. The van der Waals surface area contributed by atoms with Crippen molar-refractivity contribution in [1.29, 1.82) is 0 Å². The summed E-state index contributed by atoms with van der Waals surface area (Å²) in [6.45, 7) is 0.974. The molecule has 1 aromatic carbocycles. The molecular formula is C19H25NO4. The van der Waals surface area contributed by atoms with Crippen LogP contribution < -0.4 is 4.74 Å². The van der Waals surface area contributed by atoms with Gasteiger partial charge in [0.2, 0.25) is 0 Å². The lowest BCUT2D eigenvalue weighted by Crippen LogP contribution is -2.63. The van der Waals surface area contributed by atoms with Crippen LogP contribution in [0.4, 0.5) is 0 Å². The van der Waals surface area contributed by atoms with Crippen LogP contribution in [0.25, 0.3) is 0 Å². The number of aromatic hydroxyl groups is 1. The number of phenols is 1. The van der Waals surface area contributed by atoms with E-state index in [0.717, 1.165) is 24.9 Å². The van der Waals surface area contributed by atoms with Crippen LogP contribution in [0, 0.1) is 5.92 Å². The number of hydrogen-bond acceptors (Lipinski definition) is 5. The van der Waals surface area contributed by atoms with E-state index in [1.54, 1.807) is 14.2 Å². The quantitative estimate of drug-likeness (QED) is 0.897. The van der Waals surface area contributed by atoms with E-state index in [-0.39, 0.29) is 29.0 Å². The summed E-state index contributed by atoms with van der Waals surface area (Å²) in [6, 6.07) is 4.28. The molecule has 2 bridgehead atoms. The minimum atomic E-state index is -0.373. The number of piperidine rings is 1. The number of Topliss-reactive ketones (excluding diaryl/α,β-unsaturated/α-hetero) is 1. The van der Waals surface area contributed by atoms with Gasteiger partial charge in [-0.05, 0) is 50.4 Å². The summed E-state index contributed by atoms with van der Waals surface area (Å²) in [7, 11) is 5.34. The van der Waals surface area contributed by atoms with Crippen molar-refractivity contribution in [2.45, 2.75) is 43.2 Å². The molecular weight excluding hydrogens is 306 g/mol.